The van der Waals surface area contributed by atoms with Crippen molar-refractivity contribution in [3.63, 3.8) is 0 Å². The molecule has 0 unspecified atom stereocenters. The number of anilines is 1. The zero-order valence-electron chi connectivity index (χ0n) is 21.1. The number of rotatable bonds is 16. The van der Waals surface area contributed by atoms with E-state index in [4.69, 9.17) is 4.98 Å². The summed E-state index contributed by atoms with van der Waals surface area (Å²) in [4.78, 5) is 19.7. The van der Waals surface area contributed by atoms with Crippen LogP contribution in [0.2, 0.25) is 0 Å². The number of nitrogens with zero attached hydrogens (tertiary/aromatic N) is 1. The average Bonchev–Trinajstić information content (AvgIpc) is 2.79. The maximum Gasteiger partial charge on any atom is 0.279 e. The molecule has 1 heterocycles. The van der Waals surface area contributed by atoms with Gasteiger partial charge in [-0.2, -0.15) is 0 Å². The molecule has 4 nitrogen and oxygen atoms in total. The van der Waals surface area contributed by atoms with Crippen LogP contribution in [0.1, 0.15) is 96.7 Å². The van der Waals surface area contributed by atoms with E-state index < -0.39 is 0 Å². The number of unbranched alkanes of at least 4 members (excludes halogenated alkanes) is 5. The summed E-state index contributed by atoms with van der Waals surface area (Å²) in [5, 5.41) is 4.44. The summed E-state index contributed by atoms with van der Waals surface area (Å²) in [5.74, 6) is 0.142. The number of carbonyl (C=O) groups excluding carboxylic acids is 1. The van der Waals surface area contributed by atoms with Gasteiger partial charge < -0.3 is 10.2 Å². The maximum absolute atomic E-state index is 13.3. The van der Waals surface area contributed by atoms with Crippen LogP contribution < -0.4 is 10.2 Å². The van der Waals surface area contributed by atoms with E-state index in [2.05, 4.69) is 45.1 Å². The molecule has 0 spiro atoms. The highest BCUT2D eigenvalue weighted by Gasteiger charge is 2.19. The number of hydrogen-bond donors (Lipinski definition) is 2. The molecule has 0 saturated heterocycles. The van der Waals surface area contributed by atoms with Crippen LogP contribution in [0.15, 0.2) is 24.3 Å². The number of aryl methyl sites for hydroxylation is 1. The van der Waals surface area contributed by atoms with Crippen molar-refractivity contribution in [2.45, 2.75) is 98.3 Å². The number of benzene rings is 1. The Labute approximate surface area is 196 Å². The van der Waals surface area contributed by atoms with Gasteiger partial charge in [0.2, 0.25) is 0 Å². The third kappa shape index (κ3) is 8.20. The fourth-order valence-electron chi connectivity index (χ4n) is 4.48. The fraction of sp³-hybridized carbons (Fsp3) is 0.643. The zero-order valence-corrected chi connectivity index (χ0v) is 21.1. The largest absolute Gasteiger partial charge is 0.327 e. The molecule has 178 valence electrons. The molecular weight excluding hydrogens is 394 g/mol. The molecule has 4 heteroatoms. The van der Waals surface area contributed by atoms with E-state index in [1.165, 1.54) is 49.0 Å². The fourth-order valence-corrected chi connectivity index (χ4v) is 4.48. The van der Waals surface area contributed by atoms with Crippen molar-refractivity contribution in [3.8, 4) is 0 Å². The monoisotopic (exact) mass is 440 g/mol. The Hall–Kier alpha value is -1.94. The molecule has 1 aromatic heterocycles. The van der Waals surface area contributed by atoms with Crippen molar-refractivity contribution in [2.24, 2.45) is 0 Å². The molecule has 1 aromatic carbocycles. The van der Waals surface area contributed by atoms with Crippen molar-refractivity contribution in [1.82, 2.24) is 4.98 Å². The second-order valence-electron chi connectivity index (χ2n) is 9.17. The molecule has 1 amide bonds. The standard InChI is InChI=1S/C28H45N3O/c1-5-9-14-20-31(21-15-10-6-2)22-27(32)30-28-23(16-8-4)25(18-11-7-3)29-26-19-13-12-17-24(26)28/h12-13,17,19H,5-11,14-16,18,20-22H2,1-4H3,(H,29,30,32)/p+1. The van der Waals surface area contributed by atoms with Crippen LogP contribution in [0, 0.1) is 0 Å². The maximum atomic E-state index is 13.3. The predicted octanol–water partition coefficient (Wildman–Crippen LogP) is 5.73. The minimum atomic E-state index is 0.142. The first-order valence-corrected chi connectivity index (χ1v) is 13.2. The smallest absolute Gasteiger partial charge is 0.279 e. The normalized spacial score (nSPS) is 11.4. The first kappa shape index (κ1) is 26.3. The van der Waals surface area contributed by atoms with Crippen LogP contribution in [0.3, 0.4) is 0 Å². The third-order valence-corrected chi connectivity index (χ3v) is 6.29. The van der Waals surface area contributed by atoms with Gasteiger partial charge in [-0.25, -0.2) is 0 Å². The van der Waals surface area contributed by atoms with Gasteiger partial charge in [0.25, 0.3) is 5.91 Å². The van der Waals surface area contributed by atoms with Crippen LogP contribution in [0.5, 0.6) is 0 Å². The lowest BCUT2D eigenvalue weighted by molar-refractivity contribution is -0.892. The summed E-state index contributed by atoms with van der Waals surface area (Å²) in [6.07, 6.45) is 12.6. The summed E-state index contributed by atoms with van der Waals surface area (Å²) < 4.78 is 0. The van der Waals surface area contributed by atoms with Crippen LogP contribution in [0.4, 0.5) is 5.69 Å². The highest BCUT2D eigenvalue weighted by molar-refractivity contribution is 6.02. The number of aromatic nitrogens is 1. The summed E-state index contributed by atoms with van der Waals surface area (Å²) in [6.45, 7) is 11.6. The molecule has 0 fully saturated rings. The minimum Gasteiger partial charge on any atom is -0.327 e. The van der Waals surface area contributed by atoms with Crippen molar-refractivity contribution in [3.05, 3.63) is 35.5 Å². The molecule has 0 saturated carbocycles. The molecule has 0 aliphatic carbocycles. The van der Waals surface area contributed by atoms with Gasteiger partial charge in [-0.15, -0.1) is 0 Å². The van der Waals surface area contributed by atoms with Gasteiger partial charge >= 0.3 is 0 Å². The summed E-state index contributed by atoms with van der Waals surface area (Å²) in [5.41, 5.74) is 4.41. The topological polar surface area (TPSA) is 46.4 Å². The SMILES string of the molecule is CCCCC[NH+](CCCCC)CC(=O)Nc1c(CCC)c(CCCC)nc2ccccc12. The third-order valence-electron chi connectivity index (χ3n) is 6.29. The van der Waals surface area contributed by atoms with E-state index in [9.17, 15) is 4.79 Å². The Morgan fingerprint density at radius 3 is 2.12 bits per heavy atom. The highest BCUT2D eigenvalue weighted by Crippen LogP contribution is 2.30. The minimum absolute atomic E-state index is 0.142. The molecule has 0 bridgehead atoms. The number of amides is 1. The van der Waals surface area contributed by atoms with Crippen molar-refractivity contribution < 1.29 is 9.69 Å². The van der Waals surface area contributed by atoms with Crippen LogP contribution >= 0.6 is 0 Å². The number of hydrogen-bond acceptors (Lipinski definition) is 2. The second kappa shape index (κ2) is 15.0. The molecule has 0 aliphatic heterocycles. The number of nitrogens with one attached hydrogen (secondary N) is 2. The first-order valence-electron chi connectivity index (χ1n) is 13.2. The van der Waals surface area contributed by atoms with E-state index >= 15 is 0 Å². The number of para-hydroxylation sites is 1. The Kier molecular flexibility index (Phi) is 12.3. The van der Waals surface area contributed by atoms with Crippen LogP contribution in [-0.4, -0.2) is 30.5 Å². The van der Waals surface area contributed by atoms with Crippen molar-refractivity contribution >= 4 is 22.5 Å². The summed E-state index contributed by atoms with van der Waals surface area (Å²) >= 11 is 0. The second-order valence-corrected chi connectivity index (χ2v) is 9.17. The average molecular weight is 441 g/mol. The Balaban J connectivity index is 2.27. The van der Waals surface area contributed by atoms with Crippen molar-refractivity contribution in [2.75, 3.05) is 25.0 Å². The zero-order chi connectivity index (χ0) is 23.2. The molecule has 0 aliphatic rings. The Bertz CT molecular complexity index is 808. The van der Waals surface area contributed by atoms with Gasteiger partial charge in [0, 0.05) is 11.1 Å². The lowest BCUT2D eigenvalue weighted by Crippen LogP contribution is -3.13. The van der Waals surface area contributed by atoms with Crippen LogP contribution in [-0.2, 0) is 17.6 Å². The quantitative estimate of drug-likeness (QED) is 0.327. The molecule has 32 heavy (non-hydrogen) atoms. The number of pyridine rings is 1. The lowest BCUT2D eigenvalue weighted by atomic mass is 9.98. The summed E-state index contributed by atoms with van der Waals surface area (Å²) in [7, 11) is 0. The van der Waals surface area contributed by atoms with Gasteiger partial charge in [0.15, 0.2) is 6.54 Å². The van der Waals surface area contributed by atoms with E-state index in [-0.39, 0.29) is 5.91 Å². The van der Waals surface area contributed by atoms with Gasteiger partial charge in [-0.1, -0.05) is 71.6 Å². The van der Waals surface area contributed by atoms with Crippen molar-refractivity contribution in [1.29, 1.82) is 0 Å². The first-order chi connectivity index (χ1) is 15.6. The predicted molar refractivity (Wildman–Crippen MR) is 138 cm³/mol. The van der Waals surface area contributed by atoms with E-state index in [1.807, 2.05) is 12.1 Å². The Morgan fingerprint density at radius 2 is 1.50 bits per heavy atom. The number of fused-ring (bicyclic) bond motifs is 1. The molecule has 2 rings (SSSR count). The van der Waals surface area contributed by atoms with Gasteiger partial charge in [-0.05, 0) is 56.6 Å². The number of quaternary nitrogens is 1. The molecular formula is C28H46N3O+. The number of carbonyl (C=O) groups is 1. The van der Waals surface area contributed by atoms with Gasteiger partial charge in [-0.3, -0.25) is 9.78 Å². The van der Waals surface area contributed by atoms with Gasteiger partial charge in [0.05, 0.1) is 24.3 Å². The van der Waals surface area contributed by atoms with Gasteiger partial charge in [0.1, 0.15) is 0 Å². The molecule has 2 N–H and O–H groups in total. The molecule has 2 aromatic rings. The molecule has 0 radical (unpaired) electrons. The Morgan fingerprint density at radius 1 is 0.844 bits per heavy atom. The van der Waals surface area contributed by atoms with Crippen LogP contribution in [0.25, 0.3) is 10.9 Å². The van der Waals surface area contributed by atoms with E-state index in [0.29, 0.717) is 6.54 Å². The molecule has 0 atom stereocenters. The lowest BCUT2D eigenvalue weighted by Gasteiger charge is -2.21. The highest BCUT2D eigenvalue weighted by atomic mass is 16.2. The van der Waals surface area contributed by atoms with E-state index in [1.54, 1.807) is 0 Å². The van der Waals surface area contributed by atoms with E-state index in [0.717, 1.165) is 67.5 Å². The summed E-state index contributed by atoms with van der Waals surface area (Å²) in [6, 6.07) is 8.27.